The van der Waals surface area contributed by atoms with Crippen molar-refractivity contribution in [3.63, 3.8) is 0 Å². The molecule has 1 atom stereocenters. The van der Waals surface area contributed by atoms with E-state index in [0.717, 1.165) is 11.1 Å². The van der Waals surface area contributed by atoms with Crippen molar-refractivity contribution in [3.05, 3.63) is 56.8 Å². The van der Waals surface area contributed by atoms with Crippen LogP contribution in [-0.2, 0) is 13.5 Å². The number of hydrogen-bond acceptors (Lipinski definition) is 5. The number of amides is 2. The first-order valence-electron chi connectivity index (χ1n) is 9.21. The van der Waals surface area contributed by atoms with Gasteiger partial charge >= 0.3 is 12.1 Å². The highest BCUT2D eigenvalue weighted by Crippen LogP contribution is 2.43. The Morgan fingerprint density at radius 3 is 2.90 bits per heavy atom. The average Bonchev–Trinajstić information content (AvgIpc) is 3.44. The largest absolute Gasteiger partial charge is 0.417 e. The number of carbonyl (C=O) groups is 2. The molecule has 12 heteroatoms. The second-order valence-electron chi connectivity index (χ2n) is 6.99. The molecule has 2 aromatic heterocycles. The number of halogens is 3. The Kier molecular flexibility index (Phi) is 5.71. The van der Waals surface area contributed by atoms with E-state index in [1.165, 1.54) is 29.4 Å². The molecule has 0 aliphatic heterocycles. The van der Waals surface area contributed by atoms with E-state index in [9.17, 15) is 14.0 Å². The summed E-state index contributed by atoms with van der Waals surface area (Å²) in [6, 6.07) is 3.60. The summed E-state index contributed by atoms with van der Waals surface area (Å²) in [7, 11) is 3.37. The Labute approximate surface area is 189 Å². The van der Waals surface area contributed by atoms with E-state index in [2.05, 4.69) is 36.4 Å². The van der Waals surface area contributed by atoms with Crippen molar-refractivity contribution in [2.24, 2.45) is 7.05 Å². The number of aromatic amines is 1. The van der Waals surface area contributed by atoms with Crippen LogP contribution in [0.15, 0.2) is 29.1 Å². The first-order valence-corrected chi connectivity index (χ1v) is 10.4. The summed E-state index contributed by atoms with van der Waals surface area (Å²) < 4.78 is 21.0. The number of fused-ring (bicyclic) bond motifs is 1. The first kappa shape index (κ1) is 21.3. The van der Waals surface area contributed by atoms with Gasteiger partial charge in [0.2, 0.25) is 0 Å². The number of ether oxygens (including phenoxy) is 1. The molecule has 1 aliphatic carbocycles. The molecule has 4 rings (SSSR count). The predicted octanol–water partition coefficient (Wildman–Crippen LogP) is 4.07. The first-order chi connectivity index (χ1) is 14.8. The van der Waals surface area contributed by atoms with Gasteiger partial charge in [-0.1, -0.05) is 11.6 Å². The highest BCUT2D eigenvalue weighted by Gasteiger charge is 2.37. The molecule has 2 heterocycles. The molecule has 9 nitrogen and oxygen atoms in total. The normalized spacial score (nSPS) is 14.9. The number of hydrogen-bond donors (Lipinski definition) is 2. The van der Waals surface area contributed by atoms with E-state index in [-0.39, 0.29) is 23.0 Å². The van der Waals surface area contributed by atoms with Crippen molar-refractivity contribution in [2.75, 3.05) is 12.4 Å². The predicted molar refractivity (Wildman–Crippen MR) is 114 cm³/mol. The van der Waals surface area contributed by atoms with Crippen molar-refractivity contribution in [1.82, 2.24) is 24.6 Å². The summed E-state index contributed by atoms with van der Waals surface area (Å²) in [5.41, 5.74) is 2.48. The van der Waals surface area contributed by atoms with Crippen LogP contribution in [0.1, 0.15) is 34.1 Å². The number of anilines is 1. The van der Waals surface area contributed by atoms with Crippen LogP contribution < -0.4 is 10.1 Å². The number of nitrogens with zero attached hydrogens (tertiary/aromatic N) is 4. The lowest BCUT2D eigenvalue weighted by atomic mass is 10.1. The topological polar surface area (TPSA) is 105 Å². The van der Waals surface area contributed by atoms with Crippen LogP contribution in [0.5, 0.6) is 6.01 Å². The van der Waals surface area contributed by atoms with Crippen LogP contribution in [0, 0.1) is 5.82 Å². The lowest BCUT2D eigenvalue weighted by molar-refractivity contribution is 0.101. The third kappa shape index (κ3) is 3.90. The van der Waals surface area contributed by atoms with E-state index in [0.29, 0.717) is 28.8 Å². The van der Waals surface area contributed by atoms with Crippen molar-refractivity contribution in [2.45, 2.75) is 18.9 Å². The van der Waals surface area contributed by atoms with Crippen LogP contribution in [0.25, 0.3) is 0 Å². The highest BCUT2D eigenvalue weighted by atomic mass is 79.9. The van der Waals surface area contributed by atoms with E-state index in [1.807, 2.05) is 0 Å². The number of carbonyl (C=O) groups excluding carboxylic acids is 2. The molecule has 1 aromatic carbocycles. The second-order valence-corrected chi connectivity index (χ2v) is 8.15. The van der Waals surface area contributed by atoms with Crippen LogP contribution in [0.3, 0.4) is 0 Å². The molecular weight excluding hydrogens is 495 g/mol. The van der Waals surface area contributed by atoms with Crippen LogP contribution in [0.4, 0.5) is 14.9 Å². The summed E-state index contributed by atoms with van der Waals surface area (Å²) >= 11 is 9.36. The molecule has 1 aliphatic rings. The fraction of sp³-hybridized carbons (Fsp3) is 0.263. The van der Waals surface area contributed by atoms with Gasteiger partial charge in [-0.2, -0.15) is 4.98 Å². The standard InChI is InChI=1S/C19H17BrClFN6O3/c1-27(19(30)31-18-23-8-24-26-18)13-6-4-10-14(13)16(20)28(2)15(10)17(29)25-9-3-5-12(22)11(21)7-9/h3,5,7-8,13H,4,6H2,1-2H3,(H,25,29)(H,23,24,26). The van der Waals surface area contributed by atoms with Gasteiger partial charge in [0.05, 0.1) is 15.7 Å². The maximum atomic E-state index is 13.4. The summed E-state index contributed by atoms with van der Waals surface area (Å²) in [6.45, 7) is 0. The Bertz CT molecular complexity index is 1170. The molecule has 2 amide bonds. The number of benzene rings is 1. The van der Waals surface area contributed by atoms with Crippen LogP contribution in [0.2, 0.25) is 5.02 Å². The van der Waals surface area contributed by atoms with Gasteiger partial charge in [0.25, 0.3) is 5.91 Å². The van der Waals surface area contributed by atoms with Crippen LogP contribution >= 0.6 is 27.5 Å². The minimum atomic E-state index is -0.611. The fourth-order valence-corrected chi connectivity index (χ4v) is 4.58. The van der Waals surface area contributed by atoms with Gasteiger partial charge in [0, 0.05) is 25.3 Å². The molecule has 162 valence electrons. The van der Waals surface area contributed by atoms with Gasteiger partial charge in [-0.3, -0.25) is 9.89 Å². The molecule has 0 saturated heterocycles. The van der Waals surface area contributed by atoms with Gasteiger partial charge in [0.15, 0.2) is 0 Å². The SMILES string of the molecule is CN(C(=O)Oc1nc[nH]n1)C1CCc2c1c(Br)n(C)c2C(=O)Nc1ccc(F)c(Cl)c1. The smallest absolute Gasteiger partial charge is 0.373 e. The minimum absolute atomic E-state index is 0.0692. The Balaban J connectivity index is 1.59. The Morgan fingerprint density at radius 1 is 1.45 bits per heavy atom. The molecule has 31 heavy (non-hydrogen) atoms. The zero-order valence-corrected chi connectivity index (χ0v) is 18.8. The van der Waals surface area contributed by atoms with Crippen LogP contribution in [-0.4, -0.2) is 43.7 Å². The van der Waals surface area contributed by atoms with Gasteiger partial charge < -0.3 is 19.5 Å². The van der Waals surface area contributed by atoms with Crippen molar-refractivity contribution in [1.29, 1.82) is 0 Å². The van der Waals surface area contributed by atoms with Crippen molar-refractivity contribution in [3.8, 4) is 6.01 Å². The molecule has 0 spiro atoms. The van der Waals surface area contributed by atoms with Crippen molar-refractivity contribution < 1.29 is 18.7 Å². The quantitative estimate of drug-likeness (QED) is 0.549. The molecule has 0 bridgehead atoms. The highest BCUT2D eigenvalue weighted by molar-refractivity contribution is 9.10. The Morgan fingerprint density at radius 2 is 2.23 bits per heavy atom. The molecular formula is C19H17BrClFN6O3. The van der Waals surface area contributed by atoms with Gasteiger partial charge in [-0.15, -0.1) is 5.10 Å². The summed E-state index contributed by atoms with van der Waals surface area (Å²) in [5, 5.41) is 8.86. The third-order valence-corrected chi connectivity index (χ3v) is 6.43. The van der Waals surface area contributed by atoms with E-state index >= 15 is 0 Å². The van der Waals surface area contributed by atoms with E-state index < -0.39 is 11.9 Å². The monoisotopic (exact) mass is 510 g/mol. The number of H-pyrrole nitrogens is 1. The van der Waals surface area contributed by atoms with E-state index in [1.54, 1.807) is 18.7 Å². The lowest BCUT2D eigenvalue weighted by Crippen LogP contribution is -2.33. The summed E-state index contributed by atoms with van der Waals surface area (Å²) in [5.74, 6) is -0.927. The molecule has 1 unspecified atom stereocenters. The number of nitrogens with one attached hydrogen (secondary N) is 2. The minimum Gasteiger partial charge on any atom is -0.373 e. The van der Waals surface area contributed by atoms with Gasteiger partial charge in [-0.05, 0) is 52.5 Å². The third-order valence-electron chi connectivity index (χ3n) is 5.18. The molecule has 0 fully saturated rings. The molecule has 0 radical (unpaired) electrons. The average molecular weight is 512 g/mol. The molecule has 2 N–H and O–H groups in total. The zero-order chi connectivity index (χ0) is 22.3. The number of aromatic nitrogens is 4. The van der Waals surface area contributed by atoms with Crippen molar-refractivity contribution >= 4 is 45.2 Å². The zero-order valence-electron chi connectivity index (χ0n) is 16.4. The fourth-order valence-electron chi connectivity index (χ4n) is 3.71. The summed E-state index contributed by atoms with van der Waals surface area (Å²) in [6.07, 6.45) is 1.90. The van der Waals surface area contributed by atoms with Gasteiger partial charge in [0.1, 0.15) is 17.8 Å². The molecule has 0 saturated carbocycles. The number of rotatable bonds is 4. The maximum absolute atomic E-state index is 13.4. The lowest BCUT2D eigenvalue weighted by Gasteiger charge is -2.23. The Hall–Kier alpha value is -2.92. The summed E-state index contributed by atoms with van der Waals surface area (Å²) in [4.78, 5) is 30.8. The molecule has 3 aromatic rings. The van der Waals surface area contributed by atoms with E-state index in [4.69, 9.17) is 16.3 Å². The second kappa shape index (κ2) is 8.31. The van der Waals surface area contributed by atoms with Gasteiger partial charge in [-0.25, -0.2) is 9.18 Å². The maximum Gasteiger partial charge on any atom is 0.417 e.